The summed E-state index contributed by atoms with van der Waals surface area (Å²) in [5.41, 5.74) is 1.19. The minimum absolute atomic E-state index is 0.0614. The number of carbonyl (C=O) groups is 1. The molecule has 1 aromatic heterocycles. The molecule has 5 heteroatoms. The Hall–Kier alpha value is -2.27. The van der Waals surface area contributed by atoms with E-state index in [0.29, 0.717) is 19.4 Å². The van der Waals surface area contributed by atoms with E-state index in [1.54, 1.807) is 13.4 Å². The van der Waals surface area contributed by atoms with E-state index < -0.39 is 0 Å². The van der Waals surface area contributed by atoms with Gasteiger partial charge in [0.05, 0.1) is 19.4 Å². The summed E-state index contributed by atoms with van der Waals surface area (Å²) in [4.78, 5) is 14.8. The zero-order valence-electron chi connectivity index (χ0n) is 15.4. The lowest BCUT2D eigenvalue weighted by Crippen LogP contribution is -2.40. The molecule has 1 aromatic carbocycles. The maximum atomic E-state index is 12.3. The summed E-state index contributed by atoms with van der Waals surface area (Å²) < 4.78 is 10.7. The van der Waals surface area contributed by atoms with Gasteiger partial charge in [0.2, 0.25) is 5.91 Å². The highest BCUT2D eigenvalue weighted by Crippen LogP contribution is 2.26. The maximum absolute atomic E-state index is 12.3. The van der Waals surface area contributed by atoms with Gasteiger partial charge in [-0.3, -0.25) is 9.69 Å². The normalized spacial score (nSPS) is 16.2. The lowest BCUT2D eigenvalue weighted by molar-refractivity contribution is -0.121. The van der Waals surface area contributed by atoms with E-state index in [4.69, 9.17) is 9.15 Å². The molecule has 0 bridgehead atoms. The number of ether oxygens (including phenoxy) is 1. The Bertz CT molecular complexity index is 678. The van der Waals surface area contributed by atoms with Crippen molar-refractivity contribution < 1.29 is 13.9 Å². The number of carbonyl (C=O) groups excluding carboxylic acids is 1. The number of furan rings is 1. The van der Waals surface area contributed by atoms with Crippen molar-refractivity contribution in [1.29, 1.82) is 0 Å². The number of benzene rings is 1. The van der Waals surface area contributed by atoms with Crippen LogP contribution in [0.5, 0.6) is 5.75 Å². The zero-order valence-corrected chi connectivity index (χ0v) is 15.4. The van der Waals surface area contributed by atoms with Crippen LogP contribution in [0.1, 0.15) is 43.0 Å². The average Bonchev–Trinajstić information content (AvgIpc) is 3.21. The number of aryl methyl sites for hydroxylation is 1. The fourth-order valence-electron chi connectivity index (χ4n) is 3.53. The lowest BCUT2D eigenvalue weighted by atomic mass is 10.0. The minimum Gasteiger partial charge on any atom is -0.497 e. The van der Waals surface area contributed by atoms with Gasteiger partial charge in [0.15, 0.2) is 0 Å². The summed E-state index contributed by atoms with van der Waals surface area (Å²) >= 11 is 0. The summed E-state index contributed by atoms with van der Waals surface area (Å²) in [5.74, 6) is 1.76. The number of hydrogen-bond acceptors (Lipinski definition) is 4. The minimum atomic E-state index is 0.0614. The van der Waals surface area contributed by atoms with E-state index in [0.717, 1.165) is 24.6 Å². The van der Waals surface area contributed by atoms with Gasteiger partial charge < -0.3 is 14.5 Å². The molecular formula is C21H28N2O3. The molecular weight excluding hydrogens is 328 g/mol. The summed E-state index contributed by atoms with van der Waals surface area (Å²) in [7, 11) is 1.69. The van der Waals surface area contributed by atoms with Gasteiger partial charge in [-0.25, -0.2) is 0 Å². The van der Waals surface area contributed by atoms with Crippen molar-refractivity contribution in [3.8, 4) is 5.75 Å². The second-order valence-corrected chi connectivity index (χ2v) is 6.77. The second kappa shape index (κ2) is 9.43. The number of likely N-dealkylation sites (tertiary alicyclic amines) is 1. The van der Waals surface area contributed by atoms with Crippen LogP contribution in [0.2, 0.25) is 0 Å². The van der Waals surface area contributed by atoms with E-state index in [1.165, 1.54) is 24.8 Å². The molecule has 1 aliphatic heterocycles. The molecule has 0 aliphatic carbocycles. The monoisotopic (exact) mass is 356 g/mol. The first-order valence-corrected chi connectivity index (χ1v) is 9.43. The molecule has 0 saturated carbocycles. The van der Waals surface area contributed by atoms with Gasteiger partial charge >= 0.3 is 0 Å². The predicted molar refractivity (Wildman–Crippen MR) is 101 cm³/mol. The lowest BCUT2D eigenvalue weighted by Gasteiger charge is -2.35. The zero-order chi connectivity index (χ0) is 18.2. The van der Waals surface area contributed by atoms with E-state index in [-0.39, 0.29) is 11.9 Å². The fourth-order valence-corrected chi connectivity index (χ4v) is 3.53. The molecule has 0 radical (unpaired) electrons. The number of rotatable bonds is 8. The first-order chi connectivity index (χ1) is 12.8. The van der Waals surface area contributed by atoms with E-state index >= 15 is 0 Å². The van der Waals surface area contributed by atoms with Crippen molar-refractivity contribution in [2.75, 3.05) is 26.7 Å². The van der Waals surface area contributed by atoms with Crippen LogP contribution in [0.25, 0.3) is 0 Å². The standard InChI is InChI=1S/C21H28N2O3/c1-25-19-8-5-7-17(15-19)20(23-12-3-2-4-13-23)16-22-21(24)11-10-18-9-6-14-26-18/h5-9,14-15,20H,2-4,10-13,16H2,1H3,(H,22,24). The smallest absolute Gasteiger partial charge is 0.220 e. The third-order valence-corrected chi connectivity index (χ3v) is 4.98. The summed E-state index contributed by atoms with van der Waals surface area (Å²) in [6.45, 7) is 2.76. The van der Waals surface area contributed by atoms with Crippen LogP contribution in [0.15, 0.2) is 47.1 Å². The van der Waals surface area contributed by atoms with Crippen LogP contribution in [-0.4, -0.2) is 37.6 Å². The number of methoxy groups -OCH3 is 1. The molecule has 3 rings (SSSR count). The van der Waals surface area contributed by atoms with E-state index in [1.807, 2.05) is 24.3 Å². The molecule has 26 heavy (non-hydrogen) atoms. The number of nitrogens with one attached hydrogen (secondary N) is 1. The van der Waals surface area contributed by atoms with Crippen LogP contribution in [0.3, 0.4) is 0 Å². The Labute approximate surface area is 155 Å². The van der Waals surface area contributed by atoms with Crippen LogP contribution >= 0.6 is 0 Å². The van der Waals surface area contributed by atoms with E-state index in [2.05, 4.69) is 22.3 Å². The topological polar surface area (TPSA) is 54.7 Å². The Kier molecular flexibility index (Phi) is 6.72. The largest absolute Gasteiger partial charge is 0.497 e. The van der Waals surface area contributed by atoms with Crippen molar-refractivity contribution in [2.45, 2.75) is 38.1 Å². The Morgan fingerprint density at radius 3 is 2.81 bits per heavy atom. The summed E-state index contributed by atoms with van der Waals surface area (Å²) in [6, 6.07) is 12.1. The van der Waals surface area contributed by atoms with Crippen molar-refractivity contribution in [3.05, 3.63) is 54.0 Å². The van der Waals surface area contributed by atoms with Gasteiger partial charge in [0.25, 0.3) is 0 Å². The third kappa shape index (κ3) is 5.11. The van der Waals surface area contributed by atoms with Gasteiger partial charge in [0.1, 0.15) is 11.5 Å². The fraction of sp³-hybridized carbons (Fsp3) is 0.476. The highest BCUT2D eigenvalue weighted by molar-refractivity contribution is 5.76. The molecule has 1 amide bonds. The van der Waals surface area contributed by atoms with Crippen LogP contribution < -0.4 is 10.1 Å². The molecule has 1 unspecified atom stereocenters. The molecule has 1 saturated heterocycles. The van der Waals surface area contributed by atoms with Crippen LogP contribution in [0.4, 0.5) is 0 Å². The summed E-state index contributed by atoms with van der Waals surface area (Å²) in [5, 5.41) is 3.12. The molecule has 140 valence electrons. The van der Waals surface area contributed by atoms with Gasteiger partial charge in [-0.2, -0.15) is 0 Å². The quantitative estimate of drug-likeness (QED) is 0.786. The SMILES string of the molecule is COc1cccc(C(CNC(=O)CCc2ccco2)N2CCCCC2)c1. The van der Waals surface area contributed by atoms with Crippen molar-refractivity contribution in [1.82, 2.24) is 10.2 Å². The van der Waals surface area contributed by atoms with Crippen molar-refractivity contribution >= 4 is 5.91 Å². The molecule has 1 aliphatic rings. The van der Waals surface area contributed by atoms with Crippen molar-refractivity contribution in [3.63, 3.8) is 0 Å². The predicted octanol–water partition coefficient (Wildman–Crippen LogP) is 3.56. The molecule has 1 N–H and O–H groups in total. The molecule has 2 aromatic rings. The Balaban J connectivity index is 1.62. The first-order valence-electron chi connectivity index (χ1n) is 9.43. The van der Waals surface area contributed by atoms with Crippen LogP contribution in [0, 0.1) is 0 Å². The molecule has 2 heterocycles. The molecule has 5 nitrogen and oxygen atoms in total. The maximum Gasteiger partial charge on any atom is 0.220 e. The summed E-state index contributed by atoms with van der Waals surface area (Å²) in [6.07, 6.45) is 6.43. The van der Waals surface area contributed by atoms with Crippen molar-refractivity contribution in [2.24, 2.45) is 0 Å². The Morgan fingerprint density at radius 2 is 2.08 bits per heavy atom. The highest BCUT2D eigenvalue weighted by Gasteiger charge is 2.23. The molecule has 0 spiro atoms. The molecule has 1 fully saturated rings. The Morgan fingerprint density at radius 1 is 1.23 bits per heavy atom. The second-order valence-electron chi connectivity index (χ2n) is 6.77. The number of nitrogens with zero attached hydrogens (tertiary/aromatic N) is 1. The number of hydrogen-bond donors (Lipinski definition) is 1. The van der Waals surface area contributed by atoms with Gasteiger partial charge in [-0.05, 0) is 55.8 Å². The van der Waals surface area contributed by atoms with Gasteiger partial charge in [0, 0.05) is 19.4 Å². The molecule has 1 atom stereocenters. The van der Waals surface area contributed by atoms with Gasteiger partial charge in [-0.15, -0.1) is 0 Å². The van der Waals surface area contributed by atoms with Gasteiger partial charge in [-0.1, -0.05) is 18.6 Å². The average molecular weight is 356 g/mol. The number of piperidine rings is 1. The third-order valence-electron chi connectivity index (χ3n) is 4.98. The first kappa shape index (κ1) is 18.5. The van der Waals surface area contributed by atoms with Crippen LogP contribution in [-0.2, 0) is 11.2 Å². The highest BCUT2D eigenvalue weighted by atomic mass is 16.5. The number of amides is 1. The van der Waals surface area contributed by atoms with E-state index in [9.17, 15) is 4.79 Å².